The van der Waals surface area contributed by atoms with Crippen LogP contribution in [0.4, 0.5) is 5.00 Å². The van der Waals surface area contributed by atoms with Crippen LogP contribution in [-0.2, 0) is 19.1 Å². The third-order valence-electron chi connectivity index (χ3n) is 3.35. The Morgan fingerprint density at radius 1 is 1.08 bits per heavy atom. The highest BCUT2D eigenvalue weighted by molar-refractivity contribution is 7.15. The molecule has 1 aliphatic heterocycles. The van der Waals surface area contributed by atoms with Gasteiger partial charge in [0, 0.05) is 18.5 Å². The maximum absolute atomic E-state index is 11.7. The normalized spacial score (nSPS) is 12.6. The molecule has 0 atom stereocenters. The molecular formula is C16H23NO6S. The summed E-state index contributed by atoms with van der Waals surface area (Å²) in [6.07, 6.45) is 0.481. The maximum atomic E-state index is 11.7. The van der Waals surface area contributed by atoms with Gasteiger partial charge in [0.1, 0.15) is 18.2 Å². The molecule has 0 aromatic carbocycles. The lowest BCUT2D eigenvalue weighted by molar-refractivity contribution is -0.143. The van der Waals surface area contributed by atoms with Crippen molar-refractivity contribution in [3.8, 4) is 11.5 Å². The van der Waals surface area contributed by atoms with Gasteiger partial charge in [-0.25, -0.2) is 0 Å². The number of carbonyl (C=O) groups is 2. The van der Waals surface area contributed by atoms with E-state index in [1.54, 1.807) is 13.8 Å². The number of anilines is 1. The highest BCUT2D eigenvalue weighted by Gasteiger charge is 2.24. The largest absolute Gasteiger partial charge is 0.485 e. The van der Waals surface area contributed by atoms with Crippen molar-refractivity contribution in [2.24, 2.45) is 0 Å². The van der Waals surface area contributed by atoms with Crippen molar-refractivity contribution < 1.29 is 28.5 Å². The molecule has 0 saturated heterocycles. The zero-order valence-corrected chi connectivity index (χ0v) is 14.9. The molecule has 2 rings (SSSR count). The Morgan fingerprint density at radius 3 is 2.25 bits per heavy atom. The topological polar surface area (TPSA) is 74.3 Å². The van der Waals surface area contributed by atoms with E-state index in [1.807, 2.05) is 10.3 Å². The summed E-state index contributed by atoms with van der Waals surface area (Å²) < 4.78 is 21.2. The number of carbonyl (C=O) groups excluding carboxylic acids is 2. The number of esters is 2. The van der Waals surface area contributed by atoms with Gasteiger partial charge in [-0.2, -0.15) is 0 Å². The van der Waals surface area contributed by atoms with Gasteiger partial charge in [0.2, 0.25) is 0 Å². The standard InChI is InChI=1S/C16H23NO6S/c1-3-20-13(18)5-7-17(8-6-14(19)21-4-2)16-15-12(11-24-16)22-9-10-23-15/h11H,3-10H2,1-2H3. The van der Waals surface area contributed by atoms with E-state index < -0.39 is 0 Å². The second-order valence-corrected chi connectivity index (χ2v) is 5.89. The van der Waals surface area contributed by atoms with Gasteiger partial charge < -0.3 is 23.8 Å². The number of ether oxygens (including phenoxy) is 4. The summed E-state index contributed by atoms with van der Waals surface area (Å²) in [5.74, 6) is 0.861. The van der Waals surface area contributed by atoms with Crippen molar-refractivity contribution in [2.75, 3.05) is 44.4 Å². The molecule has 0 amide bonds. The van der Waals surface area contributed by atoms with Gasteiger partial charge in [-0.15, -0.1) is 11.3 Å². The fourth-order valence-corrected chi connectivity index (χ4v) is 3.29. The second kappa shape index (κ2) is 9.36. The molecule has 1 aliphatic rings. The Kier molecular flexibility index (Phi) is 7.17. The molecule has 0 unspecified atom stereocenters. The summed E-state index contributed by atoms with van der Waals surface area (Å²) in [6, 6.07) is 0. The Bertz CT molecular complexity index is 537. The first-order valence-electron chi connectivity index (χ1n) is 8.09. The third-order valence-corrected chi connectivity index (χ3v) is 4.35. The zero-order valence-electron chi connectivity index (χ0n) is 14.0. The van der Waals surface area contributed by atoms with E-state index in [0.717, 1.165) is 5.00 Å². The van der Waals surface area contributed by atoms with Gasteiger partial charge in [-0.1, -0.05) is 0 Å². The molecule has 8 heteroatoms. The van der Waals surface area contributed by atoms with Gasteiger partial charge in [0.15, 0.2) is 11.5 Å². The molecule has 0 spiro atoms. The van der Waals surface area contributed by atoms with Crippen molar-refractivity contribution in [1.29, 1.82) is 0 Å². The Hall–Kier alpha value is -1.96. The van der Waals surface area contributed by atoms with E-state index in [1.165, 1.54) is 11.3 Å². The molecule has 0 saturated carbocycles. The molecule has 2 heterocycles. The monoisotopic (exact) mass is 357 g/mol. The van der Waals surface area contributed by atoms with E-state index in [0.29, 0.717) is 51.0 Å². The van der Waals surface area contributed by atoms with Gasteiger partial charge in [0.25, 0.3) is 0 Å². The van der Waals surface area contributed by atoms with Gasteiger partial charge in [-0.3, -0.25) is 9.59 Å². The molecule has 1 aromatic rings. The molecule has 0 radical (unpaired) electrons. The minimum Gasteiger partial charge on any atom is -0.485 e. The van der Waals surface area contributed by atoms with E-state index >= 15 is 0 Å². The minimum absolute atomic E-state index is 0.240. The fourth-order valence-electron chi connectivity index (χ4n) is 2.30. The van der Waals surface area contributed by atoms with E-state index in [4.69, 9.17) is 18.9 Å². The van der Waals surface area contributed by atoms with E-state index in [-0.39, 0.29) is 24.8 Å². The van der Waals surface area contributed by atoms with Gasteiger partial charge in [0.05, 0.1) is 26.1 Å². The number of nitrogens with zero attached hydrogens (tertiary/aromatic N) is 1. The van der Waals surface area contributed by atoms with Crippen molar-refractivity contribution in [2.45, 2.75) is 26.7 Å². The predicted octanol–water partition coefficient (Wildman–Crippen LogP) is 2.23. The second-order valence-electron chi connectivity index (χ2n) is 5.03. The molecular weight excluding hydrogens is 334 g/mol. The minimum atomic E-state index is -0.263. The van der Waals surface area contributed by atoms with Crippen LogP contribution in [0, 0.1) is 0 Å². The summed E-state index contributed by atoms with van der Waals surface area (Å²) in [7, 11) is 0. The molecule has 1 aromatic heterocycles. The van der Waals surface area contributed by atoms with E-state index in [9.17, 15) is 9.59 Å². The number of hydrogen-bond donors (Lipinski definition) is 0. The lowest BCUT2D eigenvalue weighted by atomic mass is 10.3. The Morgan fingerprint density at radius 2 is 1.67 bits per heavy atom. The molecule has 24 heavy (non-hydrogen) atoms. The number of rotatable bonds is 9. The maximum Gasteiger partial charge on any atom is 0.307 e. The van der Waals surface area contributed by atoms with Crippen molar-refractivity contribution in [1.82, 2.24) is 0 Å². The molecule has 0 N–H and O–H groups in total. The number of hydrogen-bond acceptors (Lipinski definition) is 8. The van der Waals surface area contributed by atoms with Crippen LogP contribution in [0.2, 0.25) is 0 Å². The van der Waals surface area contributed by atoms with Crippen LogP contribution in [0.25, 0.3) is 0 Å². The quantitative estimate of drug-likeness (QED) is 0.627. The summed E-state index contributed by atoms with van der Waals surface area (Å²) in [4.78, 5) is 25.3. The molecule has 7 nitrogen and oxygen atoms in total. The number of fused-ring (bicyclic) bond motifs is 1. The van der Waals surface area contributed by atoms with Crippen molar-refractivity contribution in [3.05, 3.63) is 5.38 Å². The van der Waals surface area contributed by atoms with E-state index in [2.05, 4.69) is 0 Å². The van der Waals surface area contributed by atoms with Crippen LogP contribution < -0.4 is 14.4 Å². The number of thiophene rings is 1. The third kappa shape index (κ3) is 5.02. The summed E-state index contributed by atoms with van der Waals surface area (Å²) in [6.45, 7) is 6.15. The van der Waals surface area contributed by atoms with Crippen LogP contribution in [-0.4, -0.2) is 51.5 Å². The first-order valence-corrected chi connectivity index (χ1v) is 8.96. The molecule has 0 fully saturated rings. The highest BCUT2D eigenvalue weighted by atomic mass is 32.1. The SMILES string of the molecule is CCOC(=O)CCN(CCC(=O)OCC)c1scc2c1OCCO2. The van der Waals surface area contributed by atoms with Crippen LogP contribution in [0.1, 0.15) is 26.7 Å². The lowest BCUT2D eigenvalue weighted by Gasteiger charge is -2.25. The summed E-state index contributed by atoms with van der Waals surface area (Å²) >= 11 is 1.48. The van der Waals surface area contributed by atoms with Gasteiger partial charge >= 0.3 is 11.9 Å². The predicted molar refractivity (Wildman–Crippen MR) is 90.0 cm³/mol. The fraction of sp³-hybridized carbons (Fsp3) is 0.625. The van der Waals surface area contributed by atoms with Gasteiger partial charge in [-0.05, 0) is 13.8 Å². The summed E-state index contributed by atoms with van der Waals surface area (Å²) in [5, 5.41) is 2.74. The highest BCUT2D eigenvalue weighted by Crippen LogP contribution is 2.45. The Labute approximate surface area is 145 Å². The first kappa shape index (κ1) is 18.4. The average Bonchev–Trinajstić information content (AvgIpc) is 2.99. The van der Waals surface area contributed by atoms with Crippen LogP contribution in [0.15, 0.2) is 5.38 Å². The lowest BCUT2D eigenvalue weighted by Crippen LogP contribution is -2.29. The first-order chi connectivity index (χ1) is 11.7. The Balaban J connectivity index is 2.05. The van der Waals surface area contributed by atoms with Crippen LogP contribution in [0.5, 0.6) is 11.5 Å². The van der Waals surface area contributed by atoms with Crippen LogP contribution in [0.3, 0.4) is 0 Å². The zero-order chi connectivity index (χ0) is 17.4. The smallest absolute Gasteiger partial charge is 0.307 e. The van der Waals surface area contributed by atoms with Crippen molar-refractivity contribution >= 4 is 28.3 Å². The van der Waals surface area contributed by atoms with Crippen LogP contribution >= 0.6 is 11.3 Å². The van der Waals surface area contributed by atoms with Crippen molar-refractivity contribution in [3.63, 3.8) is 0 Å². The molecule has 134 valence electrons. The molecule has 0 bridgehead atoms. The summed E-state index contributed by atoms with van der Waals surface area (Å²) in [5.41, 5.74) is 0. The average molecular weight is 357 g/mol. The molecule has 0 aliphatic carbocycles.